The van der Waals surface area contributed by atoms with Crippen LogP contribution in [0.2, 0.25) is 0 Å². The number of carbonyl (C=O) groups is 3. The highest BCUT2D eigenvalue weighted by molar-refractivity contribution is 8.04. The van der Waals surface area contributed by atoms with E-state index >= 15 is 0 Å². The summed E-state index contributed by atoms with van der Waals surface area (Å²) in [6.45, 7) is 1.93. The number of nitro benzene ring substituents is 1. The molecule has 0 aromatic heterocycles. The van der Waals surface area contributed by atoms with Crippen LogP contribution in [-0.2, 0) is 9.59 Å². The molecular formula is C30H21FN4O5S. The molecule has 5 rings (SSSR count). The Labute approximate surface area is 237 Å². The predicted molar refractivity (Wildman–Crippen MR) is 154 cm³/mol. The Morgan fingerprint density at radius 2 is 1.44 bits per heavy atom. The van der Waals surface area contributed by atoms with Gasteiger partial charge in [0, 0.05) is 34.0 Å². The van der Waals surface area contributed by atoms with Gasteiger partial charge in [0.2, 0.25) is 0 Å². The molecule has 0 atom stereocenters. The zero-order chi connectivity index (χ0) is 29.1. The van der Waals surface area contributed by atoms with Gasteiger partial charge < -0.3 is 10.6 Å². The van der Waals surface area contributed by atoms with E-state index in [1.54, 1.807) is 36.4 Å². The van der Waals surface area contributed by atoms with E-state index < -0.39 is 28.5 Å². The minimum absolute atomic E-state index is 0.0868. The molecule has 2 N–H and O–H groups in total. The Bertz CT molecular complexity index is 1690. The molecule has 4 aromatic rings. The Balaban J connectivity index is 1.37. The van der Waals surface area contributed by atoms with E-state index in [4.69, 9.17) is 0 Å². The highest BCUT2D eigenvalue weighted by Gasteiger charge is 2.40. The van der Waals surface area contributed by atoms with Gasteiger partial charge in [0.05, 0.1) is 10.6 Å². The Morgan fingerprint density at radius 3 is 2.05 bits per heavy atom. The molecule has 0 saturated carbocycles. The first kappa shape index (κ1) is 27.3. The molecule has 0 unspecified atom stereocenters. The highest BCUT2D eigenvalue weighted by Crippen LogP contribution is 2.38. The van der Waals surface area contributed by atoms with Crippen LogP contribution < -0.4 is 15.5 Å². The normalized spacial score (nSPS) is 13.0. The van der Waals surface area contributed by atoms with Crippen molar-refractivity contribution >= 4 is 52.2 Å². The number of nitrogens with one attached hydrogen (secondary N) is 2. The van der Waals surface area contributed by atoms with Crippen LogP contribution in [0, 0.1) is 22.9 Å². The number of nitrogens with zero attached hydrogens (tertiary/aromatic N) is 2. The number of thioether (sulfide) groups is 1. The summed E-state index contributed by atoms with van der Waals surface area (Å²) in [7, 11) is 0. The lowest BCUT2D eigenvalue weighted by molar-refractivity contribution is -0.384. The van der Waals surface area contributed by atoms with Gasteiger partial charge in [0.15, 0.2) is 0 Å². The quantitative estimate of drug-likeness (QED) is 0.146. The number of benzene rings is 4. The average Bonchev–Trinajstić information content (AvgIpc) is 3.19. The van der Waals surface area contributed by atoms with Gasteiger partial charge in [0.1, 0.15) is 16.4 Å². The lowest BCUT2D eigenvalue weighted by atomic mass is 10.2. The van der Waals surface area contributed by atoms with Gasteiger partial charge in [0.25, 0.3) is 23.4 Å². The molecule has 3 amide bonds. The molecule has 41 heavy (non-hydrogen) atoms. The number of rotatable bonds is 8. The third-order valence-electron chi connectivity index (χ3n) is 6.12. The number of carbonyl (C=O) groups excluding carboxylic acids is 3. The first-order valence-corrected chi connectivity index (χ1v) is 13.1. The van der Waals surface area contributed by atoms with Gasteiger partial charge in [-0.1, -0.05) is 29.5 Å². The number of halogens is 1. The largest absolute Gasteiger partial charge is 0.350 e. The molecule has 1 aliphatic rings. The molecule has 0 saturated heterocycles. The lowest BCUT2D eigenvalue weighted by Crippen LogP contribution is -2.32. The van der Waals surface area contributed by atoms with Crippen molar-refractivity contribution in [1.29, 1.82) is 0 Å². The summed E-state index contributed by atoms with van der Waals surface area (Å²) >= 11 is 1.08. The second kappa shape index (κ2) is 11.4. The van der Waals surface area contributed by atoms with Crippen LogP contribution in [0.15, 0.2) is 113 Å². The number of non-ortho nitro benzene ring substituents is 1. The summed E-state index contributed by atoms with van der Waals surface area (Å²) in [6, 6.07) is 24.3. The maximum Gasteiger partial charge on any atom is 0.283 e. The van der Waals surface area contributed by atoms with Crippen LogP contribution in [-0.4, -0.2) is 22.6 Å². The average molecular weight is 569 g/mol. The molecule has 0 bridgehead atoms. The second-order valence-electron chi connectivity index (χ2n) is 9.00. The zero-order valence-electron chi connectivity index (χ0n) is 21.5. The second-order valence-corrected chi connectivity index (χ2v) is 10.1. The van der Waals surface area contributed by atoms with Crippen molar-refractivity contribution in [2.75, 3.05) is 15.5 Å². The van der Waals surface area contributed by atoms with E-state index in [2.05, 4.69) is 10.6 Å². The Hall–Kier alpha value is -5.29. The molecule has 11 heteroatoms. The van der Waals surface area contributed by atoms with E-state index in [-0.39, 0.29) is 27.5 Å². The van der Waals surface area contributed by atoms with Gasteiger partial charge in [-0.05, 0) is 79.7 Å². The topological polar surface area (TPSA) is 122 Å². The van der Waals surface area contributed by atoms with Crippen LogP contribution >= 0.6 is 11.8 Å². The van der Waals surface area contributed by atoms with Crippen molar-refractivity contribution in [3.63, 3.8) is 0 Å². The standard InChI is InChI=1S/C30H21FN4O5S/c1-18-2-8-21(9-3-18)32-26-27(30(38)34(29(26)37)23-14-6-20(31)7-15-23)41-25-16-10-22(11-17-25)33-28(36)19-4-12-24(13-5-19)35(39)40/h2-17,32H,1H3,(H,33,36). The van der Waals surface area contributed by atoms with Crippen molar-refractivity contribution in [3.05, 3.63) is 135 Å². The van der Waals surface area contributed by atoms with E-state index in [1.807, 2.05) is 19.1 Å². The molecule has 0 fully saturated rings. The SMILES string of the molecule is Cc1ccc(NC2=C(Sc3ccc(NC(=O)c4ccc([N+](=O)[O-])cc4)cc3)C(=O)N(c3ccc(F)cc3)C2=O)cc1. The summed E-state index contributed by atoms with van der Waals surface area (Å²) in [4.78, 5) is 51.5. The molecule has 1 aliphatic heterocycles. The summed E-state index contributed by atoms with van der Waals surface area (Å²) < 4.78 is 13.5. The minimum Gasteiger partial charge on any atom is -0.350 e. The molecule has 0 radical (unpaired) electrons. The first-order valence-electron chi connectivity index (χ1n) is 12.3. The molecule has 4 aromatic carbocycles. The maximum absolute atomic E-state index is 13.5. The molecule has 0 aliphatic carbocycles. The fraction of sp³-hybridized carbons (Fsp3) is 0.0333. The van der Waals surface area contributed by atoms with Crippen LogP contribution in [0.3, 0.4) is 0 Å². The summed E-state index contributed by atoms with van der Waals surface area (Å²) in [5.74, 6) is -2.07. The third-order valence-corrected chi connectivity index (χ3v) is 7.21. The minimum atomic E-state index is -0.573. The van der Waals surface area contributed by atoms with E-state index in [9.17, 15) is 28.9 Å². The monoisotopic (exact) mass is 568 g/mol. The van der Waals surface area contributed by atoms with Crippen LogP contribution in [0.25, 0.3) is 0 Å². The van der Waals surface area contributed by atoms with E-state index in [0.717, 1.165) is 22.2 Å². The Morgan fingerprint density at radius 1 is 0.829 bits per heavy atom. The third kappa shape index (κ3) is 5.99. The van der Waals surface area contributed by atoms with E-state index in [0.29, 0.717) is 16.3 Å². The van der Waals surface area contributed by atoms with Crippen LogP contribution in [0.4, 0.5) is 27.1 Å². The Kier molecular flexibility index (Phi) is 7.61. The van der Waals surface area contributed by atoms with Crippen LogP contribution in [0.5, 0.6) is 0 Å². The van der Waals surface area contributed by atoms with Gasteiger partial charge in [-0.2, -0.15) is 0 Å². The predicted octanol–water partition coefficient (Wildman–Crippen LogP) is 6.28. The summed E-state index contributed by atoms with van der Waals surface area (Å²) in [5, 5.41) is 16.6. The number of hydrogen-bond acceptors (Lipinski definition) is 7. The molecule has 204 valence electrons. The van der Waals surface area contributed by atoms with Gasteiger partial charge in [-0.3, -0.25) is 24.5 Å². The maximum atomic E-state index is 13.5. The van der Waals surface area contributed by atoms with Crippen molar-refractivity contribution in [2.24, 2.45) is 0 Å². The molecule has 0 spiro atoms. The number of anilines is 3. The van der Waals surface area contributed by atoms with Crippen molar-refractivity contribution in [3.8, 4) is 0 Å². The number of imide groups is 1. The number of nitro groups is 1. The molecule has 9 nitrogen and oxygen atoms in total. The van der Waals surface area contributed by atoms with Gasteiger partial charge in [-0.25, -0.2) is 9.29 Å². The smallest absolute Gasteiger partial charge is 0.283 e. The fourth-order valence-electron chi connectivity index (χ4n) is 3.98. The summed E-state index contributed by atoms with van der Waals surface area (Å²) in [5.41, 5.74) is 2.57. The van der Waals surface area contributed by atoms with Gasteiger partial charge >= 0.3 is 0 Å². The zero-order valence-corrected chi connectivity index (χ0v) is 22.3. The van der Waals surface area contributed by atoms with Crippen molar-refractivity contribution in [1.82, 2.24) is 0 Å². The molecule has 1 heterocycles. The highest BCUT2D eigenvalue weighted by atomic mass is 32.2. The summed E-state index contributed by atoms with van der Waals surface area (Å²) in [6.07, 6.45) is 0. The van der Waals surface area contributed by atoms with E-state index in [1.165, 1.54) is 48.5 Å². The first-order chi connectivity index (χ1) is 19.7. The van der Waals surface area contributed by atoms with Gasteiger partial charge in [-0.15, -0.1) is 0 Å². The fourth-order valence-corrected chi connectivity index (χ4v) is 4.91. The molecular weight excluding hydrogens is 547 g/mol. The number of aryl methyl sites for hydroxylation is 1. The number of amides is 3. The van der Waals surface area contributed by atoms with Crippen molar-refractivity contribution < 1.29 is 23.7 Å². The number of hydrogen-bond donors (Lipinski definition) is 2. The van der Waals surface area contributed by atoms with Crippen LogP contribution in [0.1, 0.15) is 15.9 Å². The van der Waals surface area contributed by atoms with Crippen molar-refractivity contribution in [2.45, 2.75) is 11.8 Å². The lowest BCUT2D eigenvalue weighted by Gasteiger charge is -2.15.